The maximum absolute atomic E-state index is 14.7. The molecule has 4 rings (SSSR count). The Hall–Kier alpha value is -2.84. The molecule has 1 N–H and O–H groups in total. The fourth-order valence-electron chi connectivity index (χ4n) is 5.34. The highest BCUT2D eigenvalue weighted by molar-refractivity contribution is 5.83. The van der Waals surface area contributed by atoms with E-state index < -0.39 is 23.3 Å². The molecule has 1 saturated heterocycles. The van der Waals surface area contributed by atoms with E-state index in [1.165, 1.54) is 0 Å². The number of likely N-dealkylation sites (tertiary alicyclic amines) is 1. The van der Waals surface area contributed by atoms with Crippen LogP contribution in [0.25, 0.3) is 5.57 Å². The van der Waals surface area contributed by atoms with Gasteiger partial charge in [0.1, 0.15) is 17.8 Å². The molecule has 2 aromatic carbocycles. The lowest BCUT2D eigenvalue weighted by molar-refractivity contribution is 0.0956. The molecule has 0 spiro atoms. The van der Waals surface area contributed by atoms with Gasteiger partial charge >= 0.3 is 6.03 Å². The molecule has 2 amide bonds. The second-order valence-corrected chi connectivity index (χ2v) is 9.57. The number of carbonyl (C=O) groups excluding carboxylic acids is 1. The van der Waals surface area contributed by atoms with Crippen LogP contribution in [0.5, 0.6) is 0 Å². The van der Waals surface area contributed by atoms with Crippen LogP contribution in [-0.4, -0.2) is 78.4 Å². The van der Waals surface area contributed by atoms with Gasteiger partial charge in [-0.2, -0.15) is 0 Å². The van der Waals surface area contributed by atoms with Gasteiger partial charge in [-0.25, -0.2) is 18.0 Å². The van der Waals surface area contributed by atoms with Crippen LogP contribution in [0, 0.1) is 11.6 Å². The Bertz CT molecular complexity index is 1080. The number of rotatable bonds is 5. The maximum Gasteiger partial charge on any atom is 0.321 e. The third-order valence-electron chi connectivity index (χ3n) is 7.23. The van der Waals surface area contributed by atoms with E-state index in [-0.39, 0.29) is 43.6 Å². The Kier molecular flexibility index (Phi) is 7.52. The van der Waals surface area contributed by atoms with Gasteiger partial charge in [0, 0.05) is 51.2 Å². The zero-order valence-corrected chi connectivity index (χ0v) is 20.1. The molecule has 0 aromatic heterocycles. The average molecular weight is 488 g/mol. The molecule has 2 aliphatic rings. The van der Waals surface area contributed by atoms with Gasteiger partial charge in [0.25, 0.3) is 0 Å². The summed E-state index contributed by atoms with van der Waals surface area (Å²) < 4.78 is 43.3. The van der Waals surface area contributed by atoms with Crippen LogP contribution in [0.4, 0.5) is 18.0 Å². The third kappa shape index (κ3) is 5.09. The number of hydrogen-bond donors (Lipinski definition) is 1. The SMILES string of the molecule is CN1CCC(N(C)C(=O)N2CC(c3cc(F)ccc3F)=C[C@@]2(CCO)c2ccccc2)CC(F)C1. The first-order chi connectivity index (χ1) is 16.7. The van der Waals surface area contributed by atoms with Crippen molar-refractivity contribution < 1.29 is 23.1 Å². The zero-order valence-electron chi connectivity index (χ0n) is 20.1. The van der Waals surface area contributed by atoms with Gasteiger partial charge in [-0.15, -0.1) is 0 Å². The molecule has 0 aliphatic carbocycles. The summed E-state index contributed by atoms with van der Waals surface area (Å²) in [6.07, 6.45) is 1.76. The number of benzene rings is 2. The largest absolute Gasteiger partial charge is 0.396 e. The first kappa shape index (κ1) is 25.3. The quantitative estimate of drug-likeness (QED) is 0.679. The predicted octanol–water partition coefficient (Wildman–Crippen LogP) is 4.43. The van der Waals surface area contributed by atoms with E-state index in [1.54, 1.807) is 22.9 Å². The lowest BCUT2D eigenvalue weighted by atomic mass is 9.85. The number of aliphatic hydroxyl groups is 1. The molecule has 5 nitrogen and oxygen atoms in total. The predicted molar refractivity (Wildman–Crippen MR) is 129 cm³/mol. The summed E-state index contributed by atoms with van der Waals surface area (Å²) in [4.78, 5) is 19.1. The summed E-state index contributed by atoms with van der Waals surface area (Å²) in [5.41, 5.74) is 0.240. The molecule has 8 heteroatoms. The molecule has 2 heterocycles. The molecule has 2 unspecified atom stereocenters. The van der Waals surface area contributed by atoms with Crippen molar-refractivity contribution in [2.45, 2.75) is 37.0 Å². The van der Waals surface area contributed by atoms with Gasteiger partial charge in [0.2, 0.25) is 0 Å². The lowest BCUT2D eigenvalue weighted by Crippen LogP contribution is -2.53. The maximum atomic E-state index is 14.7. The van der Waals surface area contributed by atoms with Crippen molar-refractivity contribution in [2.24, 2.45) is 0 Å². The Morgan fingerprint density at radius 2 is 1.94 bits per heavy atom. The molecule has 35 heavy (non-hydrogen) atoms. The molecular formula is C27H32F3N3O2. The minimum absolute atomic E-state index is 0.0319. The summed E-state index contributed by atoms with van der Waals surface area (Å²) >= 11 is 0. The first-order valence-electron chi connectivity index (χ1n) is 12.0. The summed E-state index contributed by atoms with van der Waals surface area (Å²) in [5, 5.41) is 10.0. The van der Waals surface area contributed by atoms with E-state index in [4.69, 9.17) is 0 Å². The zero-order chi connectivity index (χ0) is 25.2. The average Bonchev–Trinajstić information content (AvgIpc) is 3.14. The second kappa shape index (κ2) is 10.4. The summed E-state index contributed by atoms with van der Waals surface area (Å²) in [5.74, 6) is -1.16. The molecule has 1 fully saturated rings. The molecule has 2 aromatic rings. The Morgan fingerprint density at radius 1 is 1.20 bits per heavy atom. The topological polar surface area (TPSA) is 47.0 Å². The molecule has 3 atom stereocenters. The fraction of sp³-hybridized carbons (Fsp3) is 0.444. The van der Waals surface area contributed by atoms with E-state index in [9.17, 15) is 23.1 Å². The Labute approximate surface area is 204 Å². The van der Waals surface area contributed by atoms with Gasteiger partial charge in [-0.05, 0) is 55.4 Å². The van der Waals surface area contributed by atoms with Gasteiger partial charge < -0.3 is 19.8 Å². The Balaban J connectivity index is 1.75. The van der Waals surface area contributed by atoms with Crippen LogP contribution >= 0.6 is 0 Å². The number of aliphatic hydroxyl groups excluding tert-OH is 1. The monoisotopic (exact) mass is 487 g/mol. The summed E-state index contributed by atoms with van der Waals surface area (Å²) in [6, 6.07) is 11.8. The van der Waals surface area contributed by atoms with Crippen molar-refractivity contribution in [3.05, 3.63) is 77.4 Å². The minimum Gasteiger partial charge on any atom is -0.396 e. The van der Waals surface area contributed by atoms with Crippen molar-refractivity contribution in [3.63, 3.8) is 0 Å². The summed E-state index contributed by atoms with van der Waals surface area (Å²) in [6.45, 7) is 0.801. The van der Waals surface area contributed by atoms with Crippen LogP contribution in [0.2, 0.25) is 0 Å². The third-order valence-corrected chi connectivity index (χ3v) is 7.23. The number of nitrogens with zero attached hydrogens (tertiary/aromatic N) is 3. The first-order valence-corrected chi connectivity index (χ1v) is 12.0. The minimum atomic E-state index is -1.06. The van der Waals surface area contributed by atoms with Gasteiger partial charge in [0.05, 0.1) is 5.54 Å². The van der Waals surface area contributed by atoms with E-state index >= 15 is 0 Å². The van der Waals surface area contributed by atoms with E-state index in [0.717, 1.165) is 23.8 Å². The van der Waals surface area contributed by atoms with Crippen molar-refractivity contribution in [2.75, 3.05) is 40.3 Å². The summed E-state index contributed by atoms with van der Waals surface area (Å²) in [7, 11) is 3.53. The van der Waals surface area contributed by atoms with Crippen molar-refractivity contribution >= 4 is 11.6 Å². The molecule has 0 bridgehead atoms. The molecule has 0 radical (unpaired) electrons. The van der Waals surface area contributed by atoms with Crippen molar-refractivity contribution in [1.82, 2.24) is 14.7 Å². The smallest absolute Gasteiger partial charge is 0.321 e. The lowest BCUT2D eigenvalue weighted by Gasteiger charge is -2.42. The number of alkyl halides is 1. The number of carbonyl (C=O) groups is 1. The highest BCUT2D eigenvalue weighted by Crippen LogP contribution is 2.44. The highest BCUT2D eigenvalue weighted by atomic mass is 19.1. The molecule has 2 aliphatic heterocycles. The highest BCUT2D eigenvalue weighted by Gasteiger charge is 2.46. The number of amides is 2. The van der Waals surface area contributed by atoms with Crippen molar-refractivity contribution in [1.29, 1.82) is 0 Å². The van der Waals surface area contributed by atoms with Crippen LogP contribution < -0.4 is 0 Å². The second-order valence-electron chi connectivity index (χ2n) is 9.57. The van der Waals surface area contributed by atoms with Crippen LogP contribution in [0.15, 0.2) is 54.6 Å². The van der Waals surface area contributed by atoms with Gasteiger partial charge in [-0.3, -0.25) is 0 Å². The number of urea groups is 1. The van der Waals surface area contributed by atoms with Crippen LogP contribution in [0.3, 0.4) is 0 Å². The van der Waals surface area contributed by atoms with E-state index in [1.807, 2.05) is 42.3 Å². The number of hydrogen-bond acceptors (Lipinski definition) is 3. The fourth-order valence-corrected chi connectivity index (χ4v) is 5.34. The van der Waals surface area contributed by atoms with Gasteiger partial charge in [0.15, 0.2) is 0 Å². The molecule has 188 valence electrons. The standard InChI is InChI=1S/C27H32F3N3O2/c1-31-12-10-23(14-22(29)18-31)32(2)26(35)33-17-19(24-15-21(28)8-9-25(24)30)16-27(33,11-13-34)20-6-4-3-5-7-20/h3-9,15-16,22-23,34H,10-14,17-18H2,1-2H3/t22?,23?,27-/m0/s1. The molecule has 0 saturated carbocycles. The van der Waals surface area contributed by atoms with Crippen LogP contribution in [-0.2, 0) is 5.54 Å². The Morgan fingerprint density at radius 3 is 2.66 bits per heavy atom. The number of halogens is 3. The molecular weight excluding hydrogens is 455 g/mol. The van der Waals surface area contributed by atoms with Gasteiger partial charge in [-0.1, -0.05) is 30.3 Å². The van der Waals surface area contributed by atoms with E-state index in [2.05, 4.69) is 0 Å². The van der Waals surface area contributed by atoms with Crippen molar-refractivity contribution in [3.8, 4) is 0 Å². The van der Waals surface area contributed by atoms with E-state index in [0.29, 0.717) is 25.1 Å². The van der Waals surface area contributed by atoms with Crippen LogP contribution in [0.1, 0.15) is 30.4 Å². The normalized spacial score (nSPS) is 25.3.